The van der Waals surface area contributed by atoms with Gasteiger partial charge in [-0.05, 0) is 32.6 Å². The van der Waals surface area contributed by atoms with Crippen molar-refractivity contribution in [3.63, 3.8) is 0 Å². The molecule has 2 fully saturated rings. The van der Waals surface area contributed by atoms with Crippen LogP contribution in [0.4, 0.5) is 0 Å². The van der Waals surface area contributed by atoms with E-state index in [1.807, 2.05) is 6.92 Å². The number of amides is 1. The molecule has 0 aromatic heterocycles. The van der Waals surface area contributed by atoms with Crippen molar-refractivity contribution in [3.8, 4) is 0 Å². The zero-order chi connectivity index (χ0) is 14.7. The van der Waals surface area contributed by atoms with Gasteiger partial charge in [0.2, 0.25) is 5.91 Å². The Bertz CT molecular complexity index is 431. The van der Waals surface area contributed by atoms with Crippen molar-refractivity contribution >= 4 is 5.91 Å². The van der Waals surface area contributed by atoms with Gasteiger partial charge >= 0.3 is 0 Å². The standard InChI is InChI=1S/C15H24N2O3/c1-5-9(2)8-10(3)11-6-7-12(19-4)16-14-15(20-14)17-13(11)18/h12,14-16H,2,5-8H2,1,3-4H3,(H,17,18). The molecule has 0 spiro atoms. The largest absolute Gasteiger partial charge is 0.367 e. The molecule has 2 heterocycles. The first-order valence-corrected chi connectivity index (χ1v) is 7.15. The monoisotopic (exact) mass is 280 g/mol. The van der Waals surface area contributed by atoms with Crippen molar-refractivity contribution in [2.24, 2.45) is 0 Å². The number of methoxy groups -OCH3 is 1. The summed E-state index contributed by atoms with van der Waals surface area (Å²) in [5.74, 6) is -0.0301. The first kappa shape index (κ1) is 15.2. The molecular formula is C15H24N2O3. The summed E-state index contributed by atoms with van der Waals surface area (Å²) < 4.78 is 10.7. The quantitative estimate of drug-likeness (QED) is 0.468. The van der Waals surface area contributed by atoms with Gasteiger partial charge < -0.3 is 14.8 Å². The Kier molecular flexibility index (Phi) is 4.96. The predicted molar refractivity (Wildman–Crippen MR) is 76.7 cm³/mol. The fraction of sp³-hybridized carbons (Fsp3) is 0.667. The minimum Gasteiger partial charge on any atom is -0.367 e. The van der Waals surface area contributed by atoms with E-state index in [1.54, 1.807) is 7.11 Å². The Morgan fingerprint density at radius 2 is 2.25 bits per heavy atom. The van der Waals surface area contributed by atoms with E-state index in [2.05, 4.69) is 24.1 Å². The predicted octanol–water partition coefficient (Wildman–Crippen LogP) is 1.81. The molecule has 5 nitrogen and oxygen atoms in total. The van der Waals surface area contributed by atoms with Crippen molar-refractivity contribution < 1.29 is 14.3 Å². The summed E-state index contributed by atoms with van der Waals surface area (Å²) in [6, 6.07) is 0. The van der Waals surface area contributed by atoms with Crippen molar-refractivity contribution in [1.82, 2.24) is 10.6 Å². The smallest absolute Gasteiger partial charge is 0.249 e. The van der Waals surface area contributed by atoms with Crippen LogP contribution in [-0.4, -0.2) is 31.7 Å². The lowest BCUT2D eigenvalue weighted by Crippen LogP contribution is -2.36. The zero-order valence-electron chi connectivity index (χ0n) is 12.5. The molecule has 2 N–H and O–H groups in total. The van der Waals surface area contributed by atoms with Crippen LogP contribution in [0.15, 0.2) is 23.3 Å². The van der Waals surface area contributed by atoms with E-state index < -0.39 is 0 Å². The van der Waals surface area contributed by atoms with Crippen LogP contribution in [0.1, 0.15) is 39.5 Å². The number of hydrogen-bond donors (Lipinski definition) is 2. The molecule has 0 saturated carbocycles. The lowest BCUT2D eigenvalue weighted by atomic mass is 9.97. The highest BCUT2D eigenvalue weighted by Gasteiger charge is 2.43. The second kappa shape index (κ2) is 6.52. The second-order valence-corrected chi connectivity index (χ2v) is 5.42. The summed E-state index contributed by atoms with van der Waals surface area (Å²) in [6.07, 6.45) is 2.70. The number of carbonyl (C=O) groups excluding carboxylic acids is 1. The van der Waals surface area contributed by atoms with Gasteiger partial charge in [0.1, 0.15) is 6.23 Å². The number of ether oxygens (including phenoxy) is 2. The summed E-state index contributed by atoms with van der Waals surface area (Å²) >= 11 is 0. The van der Waals surface area contributed by atoms with Crippen molar-refractivity contribution in [1.29, 1.82) is 0 Å². The van der Waals surface area contributed by atoms with Crippen molar-refractivity contribution in [2.75, 3.05) is 7.11 Å². The van der Waals surface area contributed by atoms with Crippen LogP contribution in [-0.2, 0) is 14.3 Å². The first-order chi connectivity index (χ1) is 9.55. The lowest BCUT2D eigenvalue weighted by Gasteiger charge is -2.16. The Labute approximate surface area is 120 Å². The normalized spacial score (nSPS) is 32.4. The molecule has 2 saturated heterocycles. The maximum Gasteiger partial charge on any atom is 0.249 e. The van der Waals surface area contributed by atoms with Crippen LogP contribution in [0.25, 0.3) is 0 Å². The average molecular weight is 280 g/mol. The van der Waals surface area contributed by atoms with Gasteiger partial charge in [0, 0.05) is 12.7 Å². The Morgan fingerprint density at radius 1 is 1.50 bits per heavy atom. The molecule has 0 bridgehead atoms. The zero-order valence-corrected chi connectivity index (χ0v) is 12.5. The highest BCUT2D eigenvalue weighted by molar-refractivity contribution is 5.94. The van der Waals surface area contributed by atoms with Gasteiger partial charge in [-0.15, -0.1) is 0 Å². The summed E-state index contributed by atoms with van der Waals surface area (Å²) in [4.78, 5) is 12.3. The molecule has 0 aliphatic carbocycles. The Morgan fingerprint density at radius 3 is 2.90 bits per heavy atom. The third-order valence-electron chi connectivity index (χ3n) is 3.86. The molecule has 2 aliphatic heterocycles. The third kappa shape index (κ3) is 3.69. The average Bonchev–Trinajstić information content (AvgIpc) is 3.13. The summed E-state index contributed by atoms with van der Waals surface area (Å²) in [5.41, 5.74) is 3.06. The minimum atomic E-state index is -0.240. The molecule has 0 aromatic rings. The van der Waals surface area contributed by atoms with Gasteiger partial charge in [0.25, 0.3) is 0 Å². The van der Waals surface area contributed by atoms with Crippen LogP contribution >= 0.6 is 0 Å². The number of epoxide rings is 1. The summed E-state index contributed by atoms with van der Waals surface area (Å²) in [6.45, 7) is 8.11. The highest BCUT2D eigenvalue weighted by Crippen LogP contribution is 2.25. The molecule has 112 valence electrons. The van der Waals surface area contributed by atoms with Crippen LogP contribution in [0.2, 0.25) is 0 Å². The number of rotatable bonds is 4. The second-order valence-electron chi connectivity index (χ2n) is 5.42. The Hall–Kier alpha value is -1.17. The SMILES string of the molecule is C=C(CC)CC(C)=C1CCC(OC)NC2OC2NC1=O. The molecule has 3 unspecified atom stereocenters. The molecule has 20 heavy (non-hydrogen) atoms. The van der Waals surface area contributed by atoms with Crippen LogP contribution in [0.5, 0.6) is 0 Å². The van der Waals surface area contributed by atoms with Gasteiger partial charge in [0.15, 0.2) is 12.5 Å². The number of allylic oxidation sites excluding steroid dienone is 2. The van der Waals surface area contributed by atoms with Gasteiger partial charge in [0.05, 0.1) is 0 Å². The molecule has 0 radical (unpaired) electrons. The maximum atomic E-state index is 12.3. The molecule has 5 heteroatoms. The van der Waals surface area contributed by atoms with Crippen molar-refractivity contribution in [2.45, 2.75) is 58.2 Å². The lowest BCUT2D eigenvalue weighted by molar-refractivity contribution is -0.118. The maximum absolute atomic E-state index is 12.3. The summed E-state index contributed by atoms with van der Waals surface area (Å²) in [7, 11) is 1.66. The first-order valence-electron chi connectivity index (χ1n) is 7.15. The molecule has 0 aromatic carbocycles. The van der Waals surface area contributed by atoms with Gasteiger partial charge in [-0.1, -0.05) is 24.6 Å². The Balaban J connectivity index is 2.13. The van der Waals surface area contributed by atoms with Gasteiger partial charge in [-0.2, -0.15) is 0 Å². The van der Waals surface area contributed by atoms with E-state index in [0.29, 0.717) is 6.42 Å². The fourth-order valence-electron chi connectivity index (χ4n) is 2.42. The molecule has 1 amide bonds. The molecule has 2 rings (SSSR count). The number of nitrogens with one attached hydrogen (secondary N) is 2. The molecule has 2 aliphatic rings. The molecular weight excluding hydrogens is 256 g/mol. The van der Waals surface area contributed by atoms with E-state index >= 15 is 0 Å². The topological polar surface area (TPSA) is 62.9 Å². The third-order valence-corrected chi connectivity index (χ3v) is 3.86. The van der Waals surface area contributed by atoms with Crippen LogP contribution in [0, 0.1) is 0 Å². The minimum absolute atomic E-state index is 0.0301. The van der Waals surface area contributed by atoms with Gasteiger partial charge in [-0.3, -0.25) is 10.1 Å². The van der Waals surface area contributed by atoms with Crippen LogP contribution in [0.3, 0.4) is 0 Å². The van der Waals surface area contributed by atoms with Crippen LogP contribution < -0.4 is 10.6 Å². The van der Waals surface area contributed by atoms with E-state index in [0.717, 1.165) is 36.0 Å². The van der Waals surface area contributed by atoms with E-state index in [1.165, 1.54) is 0 Å². The van der Waals surface area contributed by atoms with E-state index in [9.17, 15) is 4.79 Å². The number of carbonyl (C=O) groups is 1. The number of fused-ring (bicyclic) bond motifs is 1. The fourth-order valence-corrected chi connectivity index (χ4v) is 2.42. The van der Waals surface area contributed by atoms with E-state index in [4.69, 9.17) is 9.47 Å². The van der Waals surface area contributed by atoms with E-state index in [-0.39, 0.29) is 24.6 Å². The molecule has 3 atom stereocenters. The van der Waals surface area contributed by atoms with Gasteiger partial charge in [-0.25, -0.2) is 0 Å². The van der Waals surface area contributed by atoms with Crippen molar-refractivity contribution in [3.05, 3.63) is 23.3 Å². The number of hydrogen-bond acceptors (Lipinski definition) is 4. The summed E-state index contributed by atoms with van der Waals surface area (Å²) in [5, 5.41) is 6.11. The highest BCUT2D eigenvalue weighted by atomic mass is 16.6.